The Morgan fingerprint density at radius 3 is 2.47 bits per heavy atom. The highest BCUT2D eigenvalue weighted by atomic mass is 35.5. The molecule has 0 aromatic heterocycles. The monoisotopic (exact) mass is 231 g/mol. The van der Waals surface area contributed by atoms with Crippen LogP contribution in [0.5, 0.6) is 0 Å². The van der Waals surface area contributed by atoms with Gasteiger partial charge in [-0.2, -0.15) is 0 Å². The minimum atomic E-state index is -0.651. The van der Waals surface area contributed by atoms with Crippen LogP contribution < -0.4 is 5.73 Å². The Bertz CT molecular complexity index is 383. The molecule has 2 N–H and O–H groups in total. The fourth-order valence-corrected chi connectivity index (χ4v) is 2.33. The first-order valence-electron chi connectivity index (χ1n) is 4.95. The Balaban J connectivity index is 2.55. The lowest BCUT2D eigenvalue weighted by molar-refractivity contribution is 0.236. The van der Waals surface area contributed by atoms with Gasteiger partial charge < -0.3 is 5.73 Å². The average Bonchev–Trinajstić information content (AvgIpc) is 2.16. The third-order valence-corrected chi connectivity index (χ3v) is 3.57. The molecule has 4 heteroatoms. The molecule has 0 atom stereocenters. The van der Waals surface area contributed by atoms with Gasteiger partial charge in [0.1, 0.15) is 11.6 Å². The van der Waals surface area contributed by atoms with Crippen molar-refractivity contribution >= 4 is 11.6 Å². The molecule has 0 unspecified atom stereocenters. The zero-order chi connectivity index (χ0) is 11.1. The molecule has 0 heterocycles. The van der Waals surface area contributed by atoms with E-state index < -0.39 is 17.0 Å². The summed E-state index contributed by atoms with van der Waals surface area (Å²) in [4.78, 5) is 0. The van der Waals surface area contributed by atoms with E-state index in [0.717, 1.165) is 19.3 Å². The second kappa shape index (κ2) is 3.72. The van der Waals surface area contributed by atoms with E-state index in [1.807, 2.05) is 0 Å². The van der Waals surface area contributed by atoms with Crippen molar-refractivity contribution in [1.82, 2.24) is 0 Å². The molecule has 0 bridgehead atoms. The molecule has 0 saturated heterocycles. The van der Waals surface area contributed by atoms with Gasteiger partial charge in [-0.3, -0.25) is 0 Å². The maximum absolute atomic E-state index is 13.7. The van der Waals surface area contributed by atoms with Gasteiger partial charge in [-0.15, -0.1) is 0 Å². The number of hydrogen-bond donors (Lipinski definition) is 1. The summed E-state index contributed by atoms with van der Waals surface area (Å²) in [5.41, 5.74) is 5.16. The predicted molar refractivity (Wildman–Crippen MR) is 56.0 cm³/mol. The van der Waals surface area contributed by atoms with Crippen molar-refractivity contribution in [2.75, 3.05) is 6.54 Å². The first kappa shape index (κ1) is 10.8. The molecule has 2 rings (SSSR count). The van der Waals surface area contributed by atoms with E-state index in [0.29, 0.717) is 0 Å². The third-order valence-electron chi connectivity index (χ3n) is 3.28. The van der Waals surface area contributed by atoms with Crippen LogP contribution in [-0.2, 0) is 5.41 Å². The van der Waals surface area contributed by atoms with E-state index in [9.17, 15) is 8.78 Å². The van der Waals surface area contributed by atoms with Gasteiger partial charge in [0.25, 0.3) is 0 Å². The first-order chi connectivity index (χ1) is 7.10. The van der Waals surface area contributed by atoms with Gasteiger partial charge >= 0.3 is 0 Å². The molecule has 0 amide bonds. The van der Waals surface area contributed by atoms with Gasteiger partial charge in [-0.1, -0.05) is 18.0 Å². The van der Waals surface area contributed by atoms with Crippen LogP contribution in [0.15, 0.2) is 12.1 Å². The van der Waals surface area contributed by atoms with Gasteiger partial charge in [-0.05, 0) is 25.0 Å². The van der Waals surface area contributed by atoms with E-state index in [1.54, 1.807) is 0 Å². The minimum absolute atomic E-state index is 0.0360. The van der Waals surface area contributed by atoms with Crippen LogP contribution in [0.2, 0.25) is 5.02 Å². The summed E-state index contributed by atoms with van der Waals surface area (Å²) in [7, 11) is 0. The zero-order valence-electron chi connectivity index (χ0n) is 8.19. The van der Waals surface area contributed by atoms with Gasteiger partial charge in [0.15, 0.2) is 0 Å². The van der Waals surface area contributed by atoms with Crippen molar-refractivity contribution in [1.29, 1.82) is 0 Å². The lowest BCUT2D eigenvalue weighted by atomic mass is 9.64. The van der Waals surface area contributed by atoms with Crippen molar-refractivity contribution in [2.45, 2.75) is 24.7 Å². The second-order valence-corrected chi connectivity index (χ2v) is 4.46. The highest BCUT2D eigenvalue weighted by Gasteiger charge is 2.41. The summed E-state index contributed by atoms with van der Waals surface area (Å²) in [6, 6.07) is 2.44. The molecular weight excluding hydrogens is 220 g/mol. The van der Waals surface area contributed by atoms with Crippen LogP contribution in [0.1, 0.15) is 24.8 Å². The van der Waals surface area contributed by atoms with E-state index in [1.165, 1.54) is 12.1 Å². The zero-order valence-corrected chi connectivity index (χ0v) is 8.95. The number of nitrogens with two attached hydrogens (primary N) is 1. The van der Waals surface area contributed by atoms with Crippen LogP contribution in [0.25, 0.3) is 0 Å². The molecule has 15 heavy (non-hydrogen) atoms. The van der Waals surface area contributed by atoms with Crippen molar-refractivity contribution in [2.24, 2.45) is 5.73 Å². The molecule has 1 aliphatic rings. The number of halogens is 3. The lowest BCUT2D eigenvalue weighted by Crippen LogP contribution is -2.43. The Kier molecular flexibility index (Phi) is 2.69. The van der Waals surface area contributed by atoms with Crippen molar-refractivity contribution in [3.8, 4) is 0 Å². The molecule has 1 fully saturated rings. The first-order valence-corrected chi connectivity index (χ1v) is 5.32. The SMILES string of the molecule is NCC1(c2c(F)ccc(Cl)c2F)CCC1. The maximum atomic E-state index is 13.7. The van der Waals surface area contributed by atoms with Crippen LogP contribution in [0, 0.1) is 11.6 Å². The summed E-state index contributed by atoms with van der Waals surface area (Å²) in [6.45, 7) is 0.265. The van der Waals surface area contributed by atoms with Crippen LogP contribution in [0.3, 0.4) is 0 Å². The maximum Gasteiger partial charge on any atom is 0.148 e. The summed E-state index contributed by atoms with van der Waals surface area (Å²) in [5, 5.41) is -0.0360. The molecule has 0 radical (unpaired) electrons. The molecule has 82 valence electrons. The Morgan fingerprint density at radius 1 is 1.33 bits per heavy atom. The van der Waals surface area contributed by atoms with Crippen LogP contribution in [0.4, 0.5) is 8.78 Å². The Hall–Kier alpha value is -0.670. The molecule has 0 aliphatic heterocycles. The molecule has 1 saturated carbocycles. The van der Waals surface area contributed by atoms with Crippen molar-refractivity contribution in [3.63, 3.8) is 0 Å². The minimum Gasteiger partial charge on any atom is -0.330 e. The van der Waals surface area contributed by atoms with E-state index in [-0.39, 0.29) is 17.1 Å². The summed E-state index contributed by atoms with van der Waals surface area (Å²) in [5.74, 6) is -1.19. The third kappa shape index (κ3) is 1.54. The molecular formula is C11H12ClF2N. The number of rotatable bonds is 2. The fourth-order valence-electron chi connectivity index (χ4n) is 2.17. The van der Waals surface area contributed by atoms with Gasteiger partial charge in [-0.25, -0.2) is 8.78 Å². The smallest absolute Gasteiger partial charge is 0.148 e. The average molecular weight is 232 g/mol. The predicted octanol–water partition coefficient (Wildman–Crippen LogP) is 3.00. The highest BCUT2D eigenvalue weighted by Crippen LogP contribution is 2.45. The fraction of sp³-hybridized carbons (Fsp3) is 0.455. The van der Waals surface area contributed by atoms with Crippen LogP contribution in [-0.4, -0.2) is 6.54 Å². The topological polar surface area (TPSA) is 26.0 Å². The standard InChI is InChI=1S/C11H12ClF2N/c12-7-2-3-8(13)9(10(7)14)11(6-15)4-1-5-11/h2-3H,1,4-6,15H2. The largest absolute Gasteiger partial charge is 0.330 e. The van der Waals surface area contributed by atoms with E-state index >= 15 is 0 Å². The molecule has 1 aromatic rings. The van der Waals surface area contributed by atoms with Gasteiger partial charge in [0.2, 0.25) is 0 Å². The van der Waals surface area contributed by atoms with E-state index in [4.69, 9.17) is 17.3 Å². The second-order valence-electron chi connectivity index (χ2n) is 4.06. The van der Waals surface area contributed by atoms with Gasteiger partial charge in [0, 0.05) is 17.5 Å². The number of benzene rings is 1. The van der Waals surface area contributed by atoms with Gasteiger partial charge in [0.05, 0.1) is 5.02 Å². The Labute approximate surface area is 92.2 Å². The summed E-state index contributed by atoms with van der Waals surface area (Å²) >= 11 is 5.65. The van der Waals surface area contributed by atoms with Crippen molar-refractivity contribution in [3.05, 3.63) is 34.4 Å². The summed E-state index contributed by atoms with van der Waals surface area (Å²) < 4.78 is 27.3. The molecule has 1 nitrogen and oxygen atoms in total. The quantitative estimate of drug-likeness (QED) is 0.778. The van der Waals surface area contributed by atoms with E-state index in [2.05, 4.69) is 0 Å². The molecule has 0 spiro atoms. The van der Waals surface area contributed by atoms with Crippen LogP contribution >= 0.6 is 11.6 Å². The molecule has 1 aliphatic carbocycles. The normalized spacial score (nSPS) is 18.7. The lowest BCUT2D eigenvalue weighted by Gasteiger charge is -2.41. The van der Waals surface area contributed by atoms with Crippen molar-refractivity contribution < 1.29 is 8.78 Å². The molecule has 1 aromatic carbocycles. The highest BCUT2D eigenvalue weighted by molar-refractivity contribution is 6.30. The summed E-state index contributed by atoms with van der Waals surface area (Å²) in [6.07, 6.45) is 2.43. The number of hydrogen-bond acceptors (Lipinski definition) is 1. The Morgan fingerprint density at radius 2 is 2.00 bits per heavy atom.